The first-order valence-electron chi connectivity index (χ1n) is 6.59. The van der Waals surface area contributed by atoms with E-state index in [0.717, 1.165) is 6.54 Å². The molecule has 1 fully saturated rings. The Kier molecular flexibility index (Phi) is 4.95. The quantitative estimate of drug-likeness (QED) is 0.770. The molecule has 4 nitrogen and oxygen atoms in total. The lowest BCUT2D eigenvalue weighted by Crippen LogP contribution is -2.52. The van der Waals surface area contributed by atoms with E-state index in [2.05, 4.69) is 24.1 Å². The number of likely N-dealkylation sites (tertiary alicyclic amines) is 1. The summed E-state index contributed by atoms with van der Waals surface area (Å²) < 4.78 is 0. The second kappa shape index (κ2) is 5.83. The molecule has 0 aliphatic carbocycles. The molecular formula is C13H26N2O2. The first-order chi connectivity index (χ1) is 7.90. The summed E-state index contributed by atoms with van der Waals surface area (Å²) in [6.45, 7) is 7.10. The predicted molar refractivity (Wildman–Crippen MR) is 69.2 cm³/mol. The Morgan fingerprint density at radius 1 is 1.41 bits per heavy atom. The molecule has 1 aliphatic rings. The third kappa shape index (κ3) is 3.42. The number of rotatable bonds is 5. The van der Waals surface area contributed by atoms with Gasteiger partial charge in [-0.25, -0.2) is 0 Å². The van der Waals surface area contributed by atoms with E-state index in [1.807, 2.05) is 0 Å². The highest BCUT2D eigenvalue weighted by Crippen LogP contribution is 2.24. The van der Waals surface area contributed by atoms with Crippen molar-refractivity contribution in [1.29, 1.82) is 0 Å². The van der Waals surface area contributed by atoms with Gasteiger partial charge in [0.15, 0.2) is 0 Å². The zero-order valence-electron chi connectivity index (χ0n) is 11.5. The summed E-state index contributed by atoms with van der Waals surface area (Å²) in [6.07, 6.45) is 4.40. The Morgan fingerprint density at radius 2 is 1.94 bits per heavy atom. The molecule has 0 radical (unpaired) electrons. The first kappa shape index (κ1) is 14.5. The molecule has 100 valence electrons. The summed E-state index contributed by atoms with van der Waals surface area (Å²) >= 11 is 0. The molecule has 0 aromatic carbocycles. The van der Waals surface area contributed by atoms with Crippen LogP contribution < -0.4 is 5.32 Å². The molecule has 0 saturated carbocycles. The minimum atomic E-state index is -0.809. The van der Waals surface area contributed by atoms with Crippen LogP contribution in [0.25, 0.3) is 0 Å². The van der Waals surface area contributed by atoms with Gasteiger partial charge in [0.1, 0.15) is 5.54 Å². The maximum absolute atomic E-state index is 11.2. The third-order valence-electron chi connectivity index (χ3n) is 4.27. The number of nitrogens with one attached hydrogen (secondary N) is 1. The van der Waals surface area contributed by atoms with E-state index in [4.69, 9.17) is 0 Å². The van der Waals surface area contributed by atoms with E-state index in [9.17, 15) is 9.90 Å². The molecular weight excluding hydrogens is 216 g/mol. The van der Waals surface area contributed by atoms with Crippen LogP contribution >= 0.6 is 0 Å². The zero-order valence-corrected chi connectivity index (χ0v) is 11.5. The van der Waals surface area contributed by atoms with Crippen LogP contribution in [-0.4, -0.2) is 47.2 Å². The average Bonchev–Trinajstić information content (AvgIpc) is 2.27. The molecule has 3 atom stereocenters. The van der Waals surface area contributed by atoms with E-state index in [-0.39, 0.29) is 0 Å². The van der Waals surface area contributed by atoms with Gasteiger partial charge in [-0.3, -0.25) is 9.69 Å². The van der Waals surface area contributed by atoms with Gasteiger partial charge in [-0.05, 0) is 47.1 Å². The number of carbonyl (C=O) groups is 1. The van der Waals surface area contributed by atoms with Gasteiger partial charge in [0.2, 0.25) is 0 Å². The van der Waals surface area contributed by atoms with Crippen molar-refractivity contribution in [1.82, 2.24) is 10.2 Å². The van der Waals surface area contributed by atoms with Crippen LogP contribution in [0.1, 0.15) is 46.5 Å². The van der Waals surface area contributed by atoms with Crippen LogP contribution in [0.2, 0.25) is 0 Å². The average molecular weight is 242 g/mol. The molecule has 1 aliphatic heterocycles. The molecule has 2 N–H and O–H groups in total. The Morgan fingerprint density at radius 3 is 2.35 bits per heavy atom. The van der Waals surface area contributed by atoms with Gasteiger partial charge in [-0.2, -0.15) is 0 Å². The molecule has 1 saturated heterocycles. The second-order valence-corrected chi connectivity index (χ2v) is 5.50. The second-order valence-electron chi connectivity index (χ2n) is 5.50. The van der Waals surface area contributed by atoms with Crippen LogP contribution in [0.3, 0.4) is 0 Å². The summed E-state index contributed by atoms with van der Waals surface area (Å²) in [5.74, 6) is -0.766. The molecule has 1 rings (SSSR count). The Hall–Kier alpha value is -0.610. The number of carboxylic acid groups (broad SMARTS) is 1. The third-order valence-corrected chi connectivity index (χ3v) is 4.27. The first-order valence-corrected chi connectivity index (χ1v) is 6.59. The van der Waals surface area contributed by atoms with Gasteiger partial charge >= 0.3 is 5.97 Å². The maximum Gasteiger partial charge on any atom is 0.323 e. The summed E-state index contributed by atoms with van der Waals surface area (Å²) in [4.78, 5) is 13.7. The molecule has 4 heteroatoms. The van der Waals surface area contributed by atoms with Gasteiger partial charge in [0.05, 0.1) is 0 Å². The van der Waals surface area contributed by atoms with E-state index in [1.54, 1.807) is 14.0 Å². The lowest BCUT2D eigenvalue weighted by Gasteiger charge is -2.40. The SMILES string of the molecule is CNC(C)(CCN1[C@H](C)CCC[C@@H]1C)C(=O)O. The van der Waals surface area contributed by atoms with E-state index >= 15 is 0 Å². The lowest BCUT2D eigenvalue weighted by atomic mass is 9.93. The van der Waals surface area contributed by atoms with Gasteiger partial charge in [-0.15, -0.1) is 0 Å². The van der Waals surface area contributed by atoms with Crippen LogP contribution in [0, 0.1) is 0 Å². The van der Waals surface area contributed by atoms with Crippen molar-refractivity contribution in [3.63, 3.8) is 0 Å². The normalized spacial score (nSPS) is 29.9. The number of nitrogens with zero attached hydrogens (tertiary/aromatic N) is 1. The fourth-order valence-electron chi connectivity index (χ4n) is 2.61. The topological polar surface area (TPSA) is 52.6 Å². The molecule has 0 amide bonds. The number of hydrogen-bond acceptors (Lipinski definition) is 3. The molecule has 0 spiro atoms. The van der Waals surface area contributed by atoms with Crippen molar-refractivity contribution in [2.45, 2.75) is 64.1 Å². The Bertz CT molecular complexity index is 260. The van der Waals surface area contributed by atoms with Crippen molar-refractivity contribution in [2.75, 3.05) is 13.6 Å². The monoisotopic (exact) mass is 242 g/mol. The van der Waals surface area contributed by atoms with Crippen LogP contribution in [-0.2, 0) is 4.79 Å². The Balaban J connectivity index is 2.56. The van der Waals surface area contributed by atoms with E-state index < -0.39 is 11.5 Å². The summed E-state index contributed by atoms with van der Waals surface area (Å²) in [6, 6.07) is 1.15. The fraction of sp³-hybridized carbons (Fsp3) is 0.923. The van der Waals surface area contributed by atoms with E-state index in [0.29, 0.717) is 18.5 Å². The number of aliphatic carboxylic acids is 1. The van der Waals surface area contributed by atoms with Crippen molar-refractivity contribution in [3.8, 4) is 0 Å². The minimum absolute atomic E-state index is 0.577. The molecule has 17 heavy (non-hydrogen) atoms. The fourth-order valence-corrected chi connectivity index (χ4v) is 2.61. The van der Waals surface area contributed by atoms with Crippen LogP contribution in [0.15, 0.2) is 0 Å². The van der Waals surface area contributed by atoms with Crippen molar-refractivity contribution in [3.05, 3.63) is 0 Å². The highest BCUT2D eigenvalue weighted by Gasteiger charge is 2.33. The van der Waals surface area contributed by atoms with Gasteiger partial charge < -0.3 is 10.4 Å². The van der Waals surface area contributed by atoms with Crippen molar-refractivity contribution in [2.24, 2.45) is 0 Å². The van der Waals surface area contributed by atoms with Gasteiger partial charge in [0, 0.05) is 18.6 Å². The molecule has 0 bridgehead atoms. The standard InChI is InChI=1S/C13H26N2O2/c1-10-6-5-7-11(2)15(10)9-8-13(3,14-4)12(16)17/h10-11,14H,5-9H2,1-4H3,(H,16,17)/t10-,11+,13?. The van der Waals surface area contributed by atoms with Crippen LogP contribution in [0.5, 0.6) is 0 Å². The number of hydrogen-bond donors (Lipinski definition) is 2. The van der Waals surface area contributed by atoms with Crippen molar-refractivity contribution < 1.29 is 9.90 Å². The van der Waals surface area contributed by atoms with Gasteiger partial charge in [-0.1, -0.05) is 6.42 Å². The smallest absolute Gasteiger partial charge is 0.323 e. The molecule has 1 unspecified atom stereocenters. The molecule has 1 heterocycles. The summed E-state index contributed by atoms with van der Waals surface area (Å²) in [5, 5.41) is 12.1. The van der Waals surface area contributed by atoms with Crippen molar-refractivity contribution >= 4 is 5.97 Å². The maximum atomic E-state index is 11.2. The lowest BCUT2D eigenvalue weighted by molar-refractivity contribution is -0.144. The summed E-state index contributed by atoms with van der Waals surface area (Å²) in [5.41, 5.74) is -0.809. The van der Waals surface area contributed by atoms with Crippen LogP contribution in [0.4, 0.5) is 0 Å². The largest absolute Gasteiger partial charge is 0.480 e. The highest BCUT2D eigenvalue weighted by molar-refractivity contribution is 5.78. The minimum Gasteiger partial charge on any atom is -0.480 e. The zero-order chi connectivity index (χ0) is 13.1. The number of likely N-dealkylation sites (N-methyl/N-ethyl adjacent to an activating group) is 1. The number of piperidine rings is 1. The van der Waals surface area contributed by atoms with Gasteiger partial charge in [0.25, 0.3) is 0 Å². The predicted octanol–water partition coefficient (Wildman–Crippen LogP) is 1.70. The number of carboxylic acids is 1. The van der Waals surface area contributed by atoms with E-state index in [1.165, 1.54) is 19.3 Å². The molecule has 0 aromatic rings. The summed E-state index contributed by atoms with van der Waals surface area (Å²) in [7, 11) is 1.72. The molecule has 0 aromatic heterocycles. The highest BCUT2D eigenvalue weighted by atomic mass is 16.4. The Labute approximate surface area is 104 Å².